The summed E-state index contributed by atoms with van der Waals surface area (Å²) in [6.45, 7) is 7.14. The van der Waals surface area contributed by atoms with Crippen molar-refractivity contribution in [3.05, 3.63) is 30.1 Å². The predicted molar refractivity (Wildman–Crippen MR) is 69.6 cm³/mol. The Morgan fingerprint density at radius 2 is 2.24 bits per heavy atom. The second-order valence-corrected chi connectivity index (χ2v) is 5.61. The third-order valence-electron chi connectivity index (χ3n) is 3.91. The molecule has 1 fully saturated rings. The number of nitrogens with two attached hydrogens (primary N) is 1. The molecule has 0 saturated carbocycles. The molecule has 1 aliphatic rings. The Balaban J connectivity index is 2.15. The maximum absolute atomic E-state index is 13.2. The average molecular weight is 236 g/mol. The molecule has 3 heteroatoms. The zero-order valence-electron chi connectivity index (χ0n) is 10.6. The topological polar surface area (TPSA) is 29.3 Å². The molecule has 0 spiro atoms. The van der Waals surface area contributed by atoms with Gasteiger partial charge < -0.3 is 10.6 Å². The second kappa shape index (κ2) is 4.65. The predicted octanol–water partition coefficient (Wildman–Crippen LogP) is 2.64. The molecule has 1 unspecified atom stereocenters. The summed E-state index contributed by atoms with van der Waals surface area (Å²) in [7, 11) is 0. The first-order chi connectivity index (χ1) is 8.03. The number of nitrogens with zero attached hydrogens (tertiary/aromatic N) is 1. The Kier molecular flexibility index (Phi) is 3.38. The Labute approximate surface area is 103 Å². The summed E-state index contributed by atoms with van der Waals surface area (Å²) in [6, 6.07) is 6.84. The third-order valence-corrected chi connectivity index (χ3v) is 3.91. The molecule has 0 aromatic heterocycles. The number of benzene rings is 1. The number of anilines is 1. The number of hydrogen-bond donors (Lipinski definition) is 1. The van der Waals surface area contributed by atoms with Gasteiger partial charge in [0.1, 0.15) is 5.82 Å². The molecule has 1 heterocycles. The lowest BCUT2D eigenvalue weighted by atomic mass is 9.74. The van der Waals surface area contributed by atoms with Crippen LogP contribution in [0.15, 0.2) is 24.3 Å². The molecule has 1 atom stereocenters. The highest BCUT2D eigenvalue weighted by molar-refractivity contribution is 5.47. The second-order valence-electron chi connectivity index (χ2n) is 5.61. The van der Waals surface area contributed by atoms with Crippen molar-refractivity contribution in [1.29, 1.82) is 0 Å². The molecule has 2 N–H and O–H groups in total. The van der Waals surface area contributed by atoms with Crippen molar-refractivity contribution in [2.24, 2.45) is 17.1 Å². The molecule has 0 bridgehead atoms. The van der Waals surface area contributed by atoms with Crippen LogP contribution in [0.25, 0.3) is 0 Å². The average Bonchev–Trinajstić information content (AvgIpc) is 2.27. The van der Waals surface area contributed by atoms with Crippen molar-refractivity contribution < 1.29 is 4.39 Å². The van der Waals surface area contributed by atoms with Crippen LogP contribution in [0, 0.1) is 17.2 Å². The maximum atomic E-state index is 13.2. The van der Waals surface area contributed by atoms with Gasteiger partial charge in [0.05, 0.1) is 0 Å². The van der Waals surface area contributed by atoms with E-state index in [0.717, 1.165) is 31.7 Å². The van der Waals surface area contributed by atoms with Gasteiger partial charge in [-0.3, -0.25) is 0 Å². The van der Waals surface area contributed by atoms with Crippen molar-refractivity contribution in [2.45, 2.75) is 20.3 Å². The first kappa shape index (κ1) is 12.4. The van der Waals surface area contributed by atoms with Crippen molar-refractivity contribution in [3.63, 3.8) is 0 Å². The van der Waals surface area contributed by atoms with Gasteiger partial charge in [0, 0.05) is 18.8 Å². The fourth-order valence-corrected chi connectivity index (χ4v) is 2.73. The monoisotopic (exact) mass is 236 g/mol. The quantitative estimate of drug-likeness (QED) is 0.855. The maximum Gasteiger partial charge on any atom is 0.125 e. The molecule has 1 aliphatic heterocycles. The lowest BCUT2D eigenvalue weighted by Crippen LogP contribution is -2.48. The molecule has 1 saturated heterocycles. The Morgan fingerprint density at radius 3 is 2.82 bits per heavy atom. The van der Waals surface area contributed by atoms with Crippen LogP contribution in [0.2, 0.25) is 0 Å². The molecule has 2 rings (SSSR count). The summed E-state index contributed by atoms with van der Waals surface area (Å²) in [6.07, 6.45) is 1.08. The van der Waals surface area contributed by atoms with Crippen LogP contribution in [0.4, 0.5) is 10.1 Å². The lowest BCUT2D eigenvalue weighted by Gasteiger charge is -2.45. The number of rotatable bonds is 2. The van der Waals surface area contributed by atoms with Gasteiger partial charge in [-0.15, -0.1) is 0 Å². The molecular weight excluding hydrogens is 215 g/mol. The van der Waals surface area contributed by atoms with Crippen LogP contribution in [-0.2, 0) is 0 Å². The first-order valence-corrected chi connectivity index (χ1v) is 6.23. The highest BCUT2D eigenvalue weighted by Gasteiger charge is 2.34. The van der Waals surface area contributed by atoms with Gasteiger partial charge >= 0.3 is 0 Å². The third kappa shape index (κ3) is 2.60. The van der Waals surface area contributed by atoms with Crippen LogP contribution >= 0.6 is 0 Å². The van der Waals surface area contributed by atoms with E-state index in [0.29, 0.717) is 5.92 Å². The van der Waals surface area contributed by atoms with Gasteiger partial charge in [-0.25, -0.2) is 4.39 Å². The fraction of sp³-hybridized carbons (Fsp3) is 0.571. The Bertz CT molecular complexity index is 390. The first-order valence-electron chi connectivity index (χ1n) is 6.23. The largest absolute Gasteiger partial charge is 0.371 e. The van der Waals surface area contributed by atoms with Crippen molar-refractivity contribution in [2.75, 3.05) is 24.5 Å². The minimum atomic E-state index is -0.166. The van der Waals surface area contributed by atoms with E-state index in [1.165, 1.54) is 6.07 Å². The normalized spacial score (nSPS) is 23.8. The van der Waals surface area contributed by atoms with Gasteiger partial charge in [0.25, 0.3) is 0 Å². The summed E-state index contributed by atoms with van der Waals surface area (Å²) in [5, 5.41) is 0. The van der Waals surface area contributed by atoms with Crippen LogP contribution in [0.5, 0.6) is 0 Å². The van der Waals surface area contributed by atoms with Crippen molar-refractivity contribution in [1.82, 2.24) is 0 Å². The summed E-state index contributed by atoms with van der Waals surface area (Å²) >= 11 is 0. The number of halogens is 1. The van der Waals surface area contributed by atoms with Crippen molar-refractivity contribution in [3.8, 4) is 0 Å². The number of hydrogen-bond acceptors (Lipinski definition) is 2. The molecule has 94 valence electrons. The van der Waals surface area contributed by atoms with E-state index in [9.17, 15) is 4.39 Å². The van der Waals surface area contributed by atoms with E-state index in [4.69, 9.17) is 5.73 Å². The van der Waals surface area contributed by atoms with E-state index >= 15 is 0 Å². The van der Waals surface area contributed by atoms with Gasteiger partial charge in [0.2, 0.25) is 0 Å². The minimum absolute atomic E-state index is 0.166. The van der Waals surface area contributed by atoms with Crippen LogP contribution in [0.3, 0.4) is 0 Å². The smallest absolute Gasteiger partial charge is 0.125 e. The van der Waals surface area contributed by atoms with E-state index < -0.39 is 0 Å². The van der Waals surface area contributed by atoms with Gasteiger partial charge in [-0.1, -0.05) is 19.9 Å². The van der Waals surface area contributed by atoms with E-state index in [2.05, 4.69) is 18.7 Å². The molecule has 0 amide bonds. The Morgan fingerprint density at radius 1 is 1.47 bits per heavy atom. The Hall–Kier alpha value is -1.09. The van der Waals surface area contributed by atoms with Crippen LogP contribution in [-0.4, -0.2) is 19.6 Å². The van der Waals surface area contributed by atoms with Crippen LogP contribution < -0.4 is 10.6 Å². The van der Waals surface area contributed by atoms with E-state index in [1.54, 1.807) is 12.1 Å². The number of piperidine rings is 1. The molecule has 1 aromatic rings. The van der Waals surface area contributed by atoms with Gasteiger partial charge in [0.15, 0.2) is 0 Å². The van der Waals surface area contributed by atoms with Gasteiger partial charge in [-0.05, 0) is 42.5 Å². The summed E-state index contributed by atoms with van der Waals surface area (Å²) in [5.74, 6) is 0.397. The zero-order chi connectivity index (χ0) is 12.5. The molecule has 0 aliphatic carbocycles. The molecule has 17 heavy (non-hydrogen) atoms. The highest BCUT2D eigenvalue weighted by Crippen LogP contribution is 2.36. The summed E-state index contributed by atoms with van der Waals surface area (Å²) < 4.78 is 13.2. The SMILES string of the molecule is CC1(C)CN(c2cccc(F)c2)CCC1CN. The standard InChI is InChI=1S/C14H21FN2/c1-14(2)10-17(7-6-11(14)9-16)13-5-3-4-12(15)8-13/h3-5,8,11H,6-7,9-10,16H2,1-2H3. The summed E-state index contributed by atoms with van der Waals surface area (Å²) in [4.78, 5) is 2.26. The molecular formula is C14H21FN2. The molecule has 2 nitrogen and oxygen atoms in total. The highest BCUT2D eigenvalue weighted by atomic mass is 19.1. The van der Waals surface area contributed by atoms with E-state index in [1.807, 2.05) is 6.07 Å². The molecule has 0 radical (unpaired) electrons. The summed E-state index contributed by atoms with van der Waals surface area (Å²) in [5.41, 5.74) is 6.98. The van der Waals surface area contributed by atoms with Crippen LogP contribution in [0.1, 0.15) is 20.3 Å². The van der Waals surface area contributed by atoms with Gasteiger partial charge in [-0.2, -0.15) is 0 Å². The fourth-order valence-electron chi connectivity index (χ4n) is 2.73. The van der Waals surface area contributed by atoms with E-state index in [-0.39, 0.29) is 11.2 Å². The van der Waals surface area contributed by atoms with Crippen molar-refractivity contribution >= 4 is 5.69 Å². The molecule has 1 aromatic carbocycles. The lowest BCUT2D eigenvalue weighted by molar-refractivity contribution is 0.182. The zero-order valence-corrected chi connectivity index (χ0v) is 10.6. The minimum Gasteiger partial charge on any atom is -0.371 e.